The second kappa shape index (κ2) is 12.2. The van der Waals surface area contributed by atoms with Crippen LogP contribution in [0.25, 0.3) is 0 Å². The topological polar surface area (TPSA) is 96.6 Å². The molecule has 0 fully saturated rings. The molecule has 1 rings (SSSR count). The van der Waals surface area contributed by atoms with Crippen molar-refractivity contribution in [2.75, 3.05) is 19.6 Å². The third kappa shape index (κ3) is 10.7. The predicted molar refractivity (Wildman–Crippen MR) is 109 cm³/mol. The van der Waals surface area contributed by atoms with Gasteiger partial charge in [-0.2, -0.15) is 0 Å². The summed E-state index contributed by atoms with van der Waals surface area (Å²) < 4.78 is 32.8. The number of nitrogens with two attached hydrogens (primary N) is 1. The fraction of sp³-hybridized carbons (Fsp3) is 0.667. The minimum absolute atomic E-state index is 0.129. The Bertz CT molecular complexity index is 642. The first-order valence-electron chi connectivity index (χ1n) is 10.00. The maximum absolute atomic E-state index is 14.0. The van der Waals surface area contributed by atoms with Crippen LogP contribution in [0.15, 0.2) is 18.2 Å². The predicted octanol–water partition coefficient (Wildman–Crippen LogP) is 2.30. The fourth-order valence-corrected chi connectivity index (χ4v) is 2.69. The lowest BCUT2D eigenvalue weighted by Crippen LogP contribution is -2.39. The number of halogens is 2. The number of amides is 1. The molecule has 0 bridgehead atoms. The summed E-state index contributed by atoms with van der Waals surface area (Å²) in [4.78, 5) is 12.2. The number of carbonyl (C=O) groups excluding carboxylic acids is 1. The van der Waals surface area contributed by atoms with Crippen molar-refractivity contribution in [3.05, 3.63) is 35.4 Å². The monoisotopic (exact) mass is 415 g/mol. The third-order valence-electron chi connectivity index (χ3n) is 4.59. The molecular weight excluding hydrogens is 380 g/mol. The van der Waals surface area contributed by atoms with Gasteiger partial charge in [-0.25, -0.2) is 8.78 Å². The molecule has 1 amide bonds. The van der Waals surface area contributed by atoms with Gasteiger partial charge in [-0.15, -0.1) is 0 Å². The molecule has 166 valence electrons. The van der Waals surface area contributed by atoms with Crippen molar-refractivity contribution in [1.82, 2.24) is 10.6 Å². The minimum atomic E-state index is -1.17. The quantitative estimate of drug-likeness (QED) is 0.371. The Morgan fingerprint density at radius 1 is 1.31 bits per heavy atom. The van der Waals surface area contributed by atoms with Crippen LogP contribution in [0.5, 0.6) is 0 Å². The van der Waals surface area contributed by atoms with Crippen LogP contribution in [-0.2, 0) is 16.0 Å². The molecule has 0 saturated carbocycles. The standard InChI is InChI=1S/C21H35F2N3O3/c1-14(2)29-20(28)25-11-15(9-16-10-17(22)6-7-18(16)23)5-8-19(27)26-13-21(3,4)12-24/h6-7,10,14-15,20,25,28H,5,8-9,11-13,24H2,1-4H3,(H,26,27). The molecule has 29 heavy (non-hydrogen) atoms. The normalized spacial score (nSPS) is 14.1. The zero-order chi connectivity index (χ0) is 22.0. The summed E-state index contributed by atoms with van der Waals surface area (Å²) in [6, 6.07) is 3.32. The van der Waals surface area contributed by atoms with Crippen molar-refractivity contribution in [3.8, 4) is 0 Å². The van der Waals surface area contributed by atoms with Gasteiger partial charge in [0.15, 0.2) is 0 Å². The molecule has 5 N–H and O–H groups in total. The zero-order valence-electron chi connectivity index (χ0n) is 17.8. The Balaban J connectivity index is 2.69. The summed E-state index contributed by atoms with van der Waals surface area (Å²) in [5.74, 6) is -1.34. The van der Waals surface area contributed by atoms with E-state index in [1.165, 1.54) is 0 Å². The van der Waals surface area contributed by atoms with Gasteiger partial charge in [-0.3, -0.25) is 10.1 Å². The van der Waals surface area contributed by atoms with E-state index < -0.39 is 18.0 Å². The van der Waals surface area contributed by atoms with Gasteiger partial charge < -0.3 is 20.9 Å². The highest BCUT2D eigenvalue weighted by Gasteiger charge is 2.19. The van der Waals surface area contributed by atoms with Crippen molar-refractivity contribution < 1.29 is 23.4 Å². The first-order valence-corrected chi connectivity index (χ1v) is 10.00. The van der Waals surface area contributed by atoms with E-state index in [1.807, 2.05) is 13.8 Å². The molecule has 0 aliphatic heterocycles. The van der Waals surface area contributed by atoms with E-state index in [-0.39, 0.29) is 48.3 Å². The molecule has 2 unspecified atom stereocenters. The van der Waals surface area contributed by atoms with Gasteiger partial charge in [0.1, 0.15) is 11.6 Å². The highest BCUT2D eigenvalue weighted by atomic mass is 19.1. The Hall–Kier alpha value is -1.61. The average Bonchev–Trinajstić information content (AvgIpc) is 2.64. The average molecular weight is 416 g/mol. The van der Waals surface area contributed by atoms with Crippen LogP contribution in [-0.4, -0.2) is 43.2 Å². The lowest BCUT2D eigenvalue weighted by atomic mass is 9.92. The Kier molecular flexibility index (Phi) is 10.7. The van der Waals surface area contributed by atoms with Crippen molar-refractivity contribution >= 4 is 5.91 Å². The van der Waals surface area contributed by atoms with Gasteiger partial charge in [-0.1, -0.05) is 13.8 Å². The molecule has 1 aromatic rings. The van der Waals surface area contributed by atoms with E-state index in [2.05, 4.69) is 10.6 Å². The number of hydrogen-bond acceptors (Lipinski definition) is 5. The summed E-state index contributed by atoms with van der Waals surface area (Å²) in [5.41, 5.74) is 5.71. The van der Waals surface area contributed by atoms with Crippen LogP contribution in [0.3, 0.4) is 0 Å². The number of benzene rings is 1. The molecule has 0 aromatic heterocycles. The van der Waals surface area contributed by atoms with E-state index in [1.54, 1.807) is 13.8 Å². The van der Waals surface area contributed by atoms with E-state index in [9.17, 15) is 18.7 Å². The molecule has 2 atom stereocenters. The fourth-order valence-electron chi connectivity index (χ4n) is 2.69. The maximum atomic E-state index is 14.0. The molecule has 6 nitrogen and oxygen atoms in total. The number of ether oxygens (including phenoxy) is 1. The molecular formula is C21H35F2N3O3. The van der Waals surface area contributed by atoms with E-state index in [4.69, 9.17) is 10.5 Å². The van der Waals surface area contributed by atoms with E-state index >= 15 is 0 Å². The second-order valence-electron chi connectivity index (χ2n) is 8.44. The molecule has 1 aromatic carbocycles. The number of rotatable bonds is 13. The van der Waals surface area contributed by atoms with Crippen LogP contribution >= 0.6 is 0 Å². The van der Waals surface area contributed by atoms with Crippen LogP contribution in [0.2, 0.25) is 0 Å². The van der Waals surface area contributed by atoms with Crippen LogP contribution in [0.4, 0.5) is 8.78 Å². The number of hydrogen-bond donors (Lipinski definition) is 4. The molecule has 0 radical (unpaired) electrons. The minimum Gasteiger partial charge on any atom is -0.356 e. The molecule has 0 heterocycles. The Morgan fingerprint density at radius 3 is 2.62 bits per heavy atom. The van der Waals surface area contributed by atoms with Crippen molar-refractivity contribution in [3.63, 3.8) is 0 Å². The van der Waals surface area contributed by atoms with Gasteiger partial charge in [-0.05, 0) is 68.3 Å². The maximum Gasteiger partial charge on any atom is 0.220 e. The van der Waals surface area contributed by atoms with Crippen LogP contribution < -0.4 is 16.4 Å². The summed E-state index contributed by atoms with van der Waals surface area (Å²) in [6.45, 7) is 8.70. The molecule has 8 heteroatoms. The van der Waals surface area contributed by atoms with Gasteiger partial charge in [0, 0.05) is 19.5 Å². The lowest BCUT2D eigenvalue weighted by Gasteiger charge is -2.24. The van der Waals surface area contributed by atoms with Gasteiger partial charge >= 0.3 is 0 Å². The van der Waals surface area contributed by atoms with Gasteiger partial charge in [0.25, 0.3) is 0 Å². The summed E-state index contributed by atoms with van der Waals surface area (Å²) in [7, 11) is 0. The number of nitrogens with one attached hydrogen (secondary N) is 2. The number of aliphatic hydroxyl groups excluding tert-OH is 1. The van der Waals surface area contributed by atoms with Crippen molar-refractivity contribution in [2.45, 2.75) is 59.5 Å². The Morgan fingerprint density at radius 2 is 2.00 bits per heavy atom. The molecule has 0 aliphatic rings. The summed E-state index contributed by atoms with van der Waals surface area (Å²) >= 11 is 0. The first-order chi connectivity index (χ1) is 13.5. The van der Waals surface area contributed by atoms with Crippen molar-refractivity contribution in [2.24, 2.45) is 17.1 Å². The molecule has 0 spiro atoms. The first kappa shape index (κ1) is 25.4. The third-order valence-corrected chi connectivity index (χ3v) is 4.59. The van der Waals surface area contributed by atoms with E-state index in [0.29, 0.717) is 19.5 Å². The van der Waals surface area contributed by atoms with E-state index in [0.717, 1.165) is 18.2 Å². The van der Waals surface area contributed by atoms with Crippen molar-refractivity contribution in [1.29, 1.82) is 0 Å². The summed E-state index contributed by atoms with van der Waals surface area (Å²) in [5, 5.41) is 15.5. The largest absolute Gasteiger partial charge is 0.356 e. The second-order valence-corrected chi connectivity index (χ2v) is 8.44. The summed E-state index contributed by atoms with van der Waals surface area (Å²) in [6.07, 6.45) is -0.452. The van der Waals surface area contributed by atoms with Crippen LogP contribution in [0.1, 0.15) is 46.1 Å². The Labute approximate surface area is 172 Å². The van der Waals surface area contributed by atoms with Gasteiger partial charge in [0.05, 0.1) is 6.10 Å². The lowest BCUT2D eigenvalue weighted by molar-refractivity contribution is -0.145. The van der Waals surface area contributed by atoms with Crippen LogP contribution in [0, 0.1) is 23.0 Å². The number of carbonyl (C=O) groups is 1. The smallest absolute Gasteiger partial charge is 0.220 e. The number of aliphatic hydroxyl groups is 1. The highest BCUT2D eigenvalue weighted by molar-refractivity contribution is 5.75. The highest BCUT2D eigenvalue weighted by Crippen LogP contribution is 2.18. The zero-order valence-corrected chi connectivity index (χ0v) is 17.8. The van der Waals surface area contributed by atoms with Gasteiger partial charge in [0.2, 0.25) is 12.3 Å². The molecule has 0 saturated heterocycles. The molecule has 0 aliphatic carbocycles. The SMILES string of the molecule is CC(C)OC(O)NCC(CCC(=O)NCC(C)(C)CN)Cc1cc(F)ccc1F.